The van der Waals surface area contributed by atoms with Crippen LogP contribution in [0.1, 0.15) is 52.4 Å². The Morgan fingerprint density at radius 1 is 1.00 bits per heavy atom. The number of hydrogen-bond donors (Lipinski definition) is 1. The fourth-order valence-corrected chi connectivity index (χ4v) is 3.46. The lowest BCUT2D eigenvalue weighted by Crippen LogP contribution is -2.54. The highest BCUT2D eigenvalue weighted by Crippen LogP contribution is 2.26. The van der Waals surface area contributed by atoms with Crippen molar-refractivity contribution in [1.29, 1.82) is 0 Å². The molecule has 0 aromatic rings. The van der Waals surface area contributed by atoms with Crippen LogP contribution in [0, 0.1) is 5.92 Å². The van der Waals surface area contributed by atoms with Gasteiger partial charge in [0.15, 0.2) is 0 Å². The monoisotopic (exact) mass is 260 g/mol. The lowest BCUT2D eigenvalue weighted by atomic mass is 9.87. The van der Waals surface area contributed by atoms with Gasteiger partial charge in [-0.1, -0.05) is 32.1 Å². The summed E-state index contributed by atoms with van der Waals surface area (Å²) in [5, 5.41) is 3.61. The van der Waals surface area contributed by atoms with Crippen LogP contribution >= 0.6 is 12.4 Å². The minimum atomic E-state index is 0. The molecule has 0 aromatic carbocycles. The molecular formula is C14H29ClN2. The lowest BCUT2D eigenvalue weighted by Gasteiger charge is -2.37. The zero-order valence-corrected chi connectivity index (χ0v) is 12.3. The molecule has 0 spiro atoms. The van der Waals surface area contributed by atoms with Gasteiger partial charge in [0.25, 0.3) is 0 Å². The molecule has 1 heterocycles. The van der Waals surface area contributed by atoms with Gasteiger partial charge < -0.3 is 10.2 Å². The molecule has 0 bridgehead atoms. The highest BCUT2D eigenvalue weighted by molar-refractivity contribution is 5.85. The fourth-order valence-electron chi connectivity index (χ4n) is 3.46. The van der Waals surface area contributed by atoms with E-state index in [0.717, 1.165) is 5.92 Å². The molecule has 0 aromatic heterocycles. The van der Waals surface area contributed by atoms with E-state index in [1.54, 1.807) is 0 Å². The van der Waals surface area contributed by atoms with Crippen LogP contribution in [0.25, 0.3) is 0 Å². The summed E-state index contributed by atoms with van der Waals surface area (Å²) in [7, 11) is 0. The van der Waals surface area contributed by atoms with Crippen molar-refractivity contribution < 1.29 is 0 Å². The molecule has 1 saturated heterocycles. The molecule has 2 rings (SSSR count). The fraction of sp³-hybridized carbons (Fsp3) is 1.00. The van der Waals surface area contributed by atoms with Gasteiger partial charge in [0, 0.05) is 25.2 Å². The van der Waals surface area contributed by atoms with Crippen molar-refractivity contribution in [2.24, 2.45) is 5.92 Å². The molecule has 102 valence electrons. The Bertz CT molecular complexity index is 194. The van der Waals surface area contributed by atoms with E-state index in [-0.39, 0.29) is 12.4 Å². The van der Waals surface area contributed by atoms with Gasteiger partial charge in [-0.15, -0.1) is 12.4 Å². The van der Waals surface area contributed by atoms with Gasteiger partial charge in [-0.2, -0.15) is 0 Å². The summed E-state index contributed by atoms with van der Waals surface area (Å²) in [6.45, 7) is 8.45. The maximum Gasteiger partial charge on any atom is 0.0169 e. The first-order valence-corrected chi connectivity index (χ1v) is 7.22. The molecule has 1 aliphatic carbocycles. The van der Waals surface area contributed by atoms with E-state index in [1.165, 1.54) is 58.2 Å². The first-order valence-electron chi connectivity index (χ1n) is 7.22. The molecule has 1 saturated carbocycles. The maximum atomic E-state index is 3.61. The summed E-state index contributed by atoms with van der Waals surface area (Å²) >= 11 is 0. The first-order chi connectivity index (χ1) is 7.74. The summed E-state index contributed by atoms with van der Waals surface area (Å²) in [5.74, 6) is 1.04. The van der Waals surface area contributed by atoms with Crippen LogP contribution in [-0.2, 0) is 0 Å². The van der Waals surface area contributed by atoms with E-state index in [9.17, 15) is 0 Å². The van der Waals surface area contributed by atoms with E-state index in [4.69, 9.17) is 0 Å². The van der Waals surface area contributed by atoms with Crippen LogP contribution in [0.5, 0.6) is 0 Å². The third-order valence-corrected chi connectivity index (χ3v) is 4.21. The van der Waals surface area contributed by atoms with Crippen LogP contribution in [0.15, 0.2) is 0 Å². The van der Waals surface area contributed by atoms with Gasteiger partial charge in [0.1, 0.15) is 0 Å². The molecule has 2 unspecified atom stereocenters. The predicted octanol–water partition coefficient (Wildman–Crippen LogP) is 3.06. The molecule has 0 amide bonds. The van der Waals surface area contributed by atoms with Crippen molar-refractivity contribution in [2.45, 2.75) is 64.5 Å². The molecule has 2 fully saturated rings. The number of halogens is 1. The molecule has 1 N–H and O–H groups in total. The van der Waals surface area contributed by atoms with E-state index in [0.29, 0.717) is 12.1 Å². The largest absolute Gasteiger partial charge is 0.309 e. The first kappa shape index (κ1) is 15.3. The maximum absolute atomic E-state index is 3.61. The molecular weight excluding hydrogens is 232 g/mol. The Labute approximate surface area is 113 Å². The van der Waals surface area contributed by atoms with Gasteiger partial charge in [0.05, 0.1) is 0 Å². The Morgan fingerprint density at radius 3 is 2.18 bits per heavy atom. The van der Waals surface area contributed by atoms with Crippen LogP contribution in [0.4, 0.5) is 0 Å². The summed E-state index contributed by atoms with van der Waals surface area (Å²) in [6.07, 6.45) is 8.89. The number of hydrogen-bond acceptors (Lipinski definition) is 2. The van der Waals surface area contributed by atoms with Crippen LogP contribution in [0.3, 0.4) is 0 Å². The molecule has 0 radical (unpaired) electrons. The highest BCUT2D eigenvalue weighted by atomic mass is 35.5. The van der Waals surface area contributed by atoms with Gasteiger partial charge in [-0.05, 0) is 32.7 Å². The van der Waals surface area contributed by atoms with E-state index in [2.05, 4.69) is 24.1 Å². The quantitative estimate of drug-likeness (QED) is 0.839. The standard InChI is InChI=1S/C14H28N2.ClH/c1-12-10-16(11-13(2)15-12)9-8-14-6-4-3-5-7-14;/h12-15H,3-11H2,1-2H3;1H. The average molecular weight is 261 g/mol. The topological polar surface area (TPSA) is 15.3 Å². The Morgan fingerprint density at radius 2 is 1.59 bits per heavy atom. The highest BCUT2D eigenvalue weighted by Gasteiger charge is 2.21. The third-order valence-electron chi connectivity index (χ3n) is 4.21. The van der Waals surface area contributed by atoms with Gasteiger partial charge in [0.2, 0.25) is 0 Å². The van der Waals surface area contributed by atoms with Crippen LogP contribution in [0.2, 0.25) is 0 Å². The van der Waals surface area contributed by atoms with Crippen molar-refractivity contribution in [3.8, 4) is 0 Å². The molecule has 2 nitrogen and oxygen atoms in total. The molecule has 17 heavy (non-hydrogen) atoms. The summed E-state index contributed by atoms with van der Waals surface area (Å²) < 4.78 is 0. The van der Waals surface area contributed by atoms with Crippen molar-refractivity contribution in [2.75, 3.05) is 19.6 Å². The van der Waals surface area contributed by atoms with Crippen LogP contribution in [-0.4, -0.2) is 36.6 Å². The lowest BCUT2D eigenvalue weighted by molar-refractivity contribution is 0.158. The second-order valence-corrected chi connectivity index (χ2v) is 6.02. The van der Waals surface area contributed by atoms with Gasteiger partial charge >= 0.3 is 0 Å². The zero-order chi connectivity index (χ0) is 11.4. The van der Waals surface area contributed by atoms with Crippen molar-refractivity contribution >= 4 is 12.4 Å². The van der Waals surface area contributed by atoms with Crippen molar-refractivity contribution in [1.82, 2.24) is 10.2 Å². The second kappa shape index (κ2) is 7.60. The smallest absolute Gasteiger partial charge is 0.0169 e. The van der Waals surface area contributed by atoms with Gasteiger partial charge in [-0.3, -0.25) is 0 Å². The van der Waals surface area contributed by atoms with Gasteiger partial charge in [-0.25, -0.2) is 0 Å². The zero-order valence-electron chi connectivity index (χ0n) is 11.5. The summed E-state index contributed by atoms with van der Waals surface area (Å²) in [6, 6.07) is 1.35. The van der Waals surface area contributed by atoms with E-state index in [1.807, 2.05) is 0 Å². The summed E-state index contributed by atoms with van der Waals surface area (Å²) in [4.78, 5) is 2.67. The van der Waals surface area contributed by atoms with Crippen LogP contribution < -0.4 is 5.32 Å². The third kappa shape index (κ3) is 5.15. The number of piperazine rings is 1. The SMILES string of the molecule is CC1CN(CCC2CCCCC2)CC(C)N1.Cl. The Kier molecular flexibility index (Phi) is 6.83. The predicted molar refractivity (Wildman–Crippen MR) is 76.9 cm³/mol. The Balaban J connectivity index is 0.00000144. The molecule has 3 heteroatoms. The van der Waals surface area contributed by atoms with Crippen molar-refractivity contribution in [3.05, 3.63) is 0 Å². The van der Waals surface area contributed by atoms with E-state index < -0.39 is 0 Å². The molecule has 2 atom stereocenters. The minimum Gasteiger partial charge on any atom is -0.309 e. The summed E-state index contributed by atoms with van der Waals surface area (Å²) in [5.41, 5.74) is 0. The normalized spacial score (nSPS) is 32.1. The molecule has 1 aliphatic heterocycles. The number of nitrogens with one attached hydrogen (secondary N) is 1. The van der Waals surface area contributed by atoms with E-state index >= 15 is 0 Å². The minimum absolute atomic E-state index is 0. The molecule has 2 aliphatic rings. The number of nitrogens with zero attached hydrogens (tertiary/aromatic N) is 1. The second-order valence-electron chi connectivity index (χ2n) is 6.02. The number of rotatable bonds is 3. The Hall–Kier alpha value is 0.210. The average Bonchev–Trinajstić information content (AvgIpc) is 2.27. The van der Waals surface area contributed by atoms with Crippen molar-refractivity contribution in [3.63, 3.8) is 0 Å².